The summed E-state index contributed by atoms with van der Waals surface area (Å²) in [6, 6.07) is 15.4. The van der Waals surface area contributed by atoms with Crippen molar-refractivity contribution in [2.45, 2.75) is 71.0 Å². The maximum absolute atomic E-state index is 13.5. The van der Waals surface area contributed by atoms with Crippen LogP contribution in [0.5, 0.6) is 5.75 Å². The molecule has 1 N–H and O–H groups in total. The molecule has 31 heavy (non-hydrogen) atoms. The third kappa shape index (κ3) is 6.09. The molecule has 5 heteroatoms. The molecule has 0 saturated heterocycles. The highest BCUT2D eigenvalue weighted by atomic mass is 16.5. The molecule has 1 aliphatic rings. The summed E-state index contributed by atoms with van der Waals surface area (Å²) < 4.78 is 5.25. The lowest BCUT2D eigenvalue weighted by atomic mass is 10.0. The Bertz CT molecular complexity index is 872. The molecule has 3 rings (SSSR count). The van der Waals surface area contributed by atoms with Gasteiger partial charge in [0.05, 0.1) is 13.5 Å². The zero-order chi connectivity index (χ0) is 22.2. The first-order valence-electron chi connectivity index (χ1n) is 11.3. The minimum atomic E-state index is -0.487. The molecule has 1 fully saturated rings. The molecule has 2 amide bonds. The standard InChI is InChI=1S/C26H34N2O3/c1-4-24(26(30)27-22-11-7-8-12-22)28(18-20-13-15-23(31-3)16-14-20)25(29)17-21-10-6-5-9-19(21)2/h5-6,9-10,13-16,22,24H,4,7-8,11-12,17-18H2,1-3H3,(H,27,30)/t24-/m0/s1. The summed E-state index contributed by atoms with van der Waals surface area (Å²) in [6.07, 6.45) is 5.23. The first-order valence-corrected chi connectivity index (χ1v) is 11.3. The van der Waals surface area contributed by atoms with Crippen LogP contribution >= 0.6 is 0 Å². The SMILES string of the molecule is CC[C@@H](C(=O)NC1CCCC1)N(Cc1ccc(OC)cc1)C(=O)Cc1ccccc1C. The average Bonchev–Trinajstić information content (AvgIpc) is 3.28. The summed E-state index contributed by atoms with van der Waals surface area (Å²) in [6.45, 7) is 4.38. The Labute approximate surface area is 185 Å². The summed E-state index contributed by atoms with van der Waals surface area (Å²) in [4.78, 5) is 28.4. The van der Waals surface area contributed by atoms with Crippen molar-refractivity contribution >= 4 is 11.8 Å². The fraction of sp³-hybridized carbons (Fsp3) is 0.462. The van der Waals surface area contributed by atoms with Crippen LogP contribution in [0.3, 0.4) is 0 Å². The number of rotatable bonds is 9. The smallest absolute Gasteiger partial charge is 0.243 e. The highest BCUT2D eigenvalue weighted by Gasteiger charge is 2.30. The van der Waals surface area contributed by atoms with Gasteiger partial charge >= 0.3 is 0 Å². The second kappa shape index (κ2) is 11.0. The molecular formula is C26H34N2O3. The Balaban J connectivity index is 1.82. The van der Waals surface area contributed by atoms with E-state index in [2.05, 4.69) is 5.32 Å². The summed E-state index contributed by atoms with van der Waals surface area (Å²) >= 11 is 0. The maximum atomic E-state index is 13.5. The van der Waals surface area contributed by atoms with Crippen LogP contribution in [0.2, 0.25) is 0 Å². The summed E-state index contributed by atoms with van der Waals surface area (Å²) in [5.74, 6) is 0.701. The number of nitrogens with one attached hydrogen (secondary N) is 1. The van der Waals surface area contributed by atoms with Gasteiger partial charge in [-0.15, -0.1) is 0 Å². The van der Waals surface area contributed by atoms with E-state index in [-0.39, 0.29) is 24.3 Å². The predicted molar refractivity (Wildman–Crippen MR) is 123 cm³/mol. The molecule has 2 aromatic rings. The summed E-state index contributed by atoms with van der Waals surface area (Å²) in [7, 11) is 1.63. The lowest BCUT2D eigenvalue weighted by molar-refractivity contribution is -0.141. The van der Waals surface area contributed by atoms with Crippen LogP contribution in [0, 0.1) is 6.92 Å². The quantitative estimate of drug-likeness (QED) is 0.651. The molecule has 0 radical (unpaired) electrons. The Kier molecular flexibility index (Phi) is 8.10. The number of aryl methyl sites for hydroxylation is 1. The number of hydrogen-bond acceptors (Lipinski definition) is 3. The molecule has 1 atom stereocenters. The van der Waals surface area contributed by atoms with E-state index in [0.29, 0.717) is 13.0 Å². The van der Waals surface area contributed by atoms with Crippen molar-refractivity contribution in [2.75, 3.05) is 7.11 Å². The van der Waals surface area contributed by atoms with Crippen LogP contribution in [-0.2, 0) is 22.6 Å². The number of nitrogens with zero attached hydrogens (tertiary/aromatic N) is 1. The van der Waals surface area contributed by atoms with Crippen LogP contribution < -0.4 is 10.1 Å². The number of amides is 2. The summed E-state index contributed by atoms with van der Waals surface area (Å²) in [5.41, 5.74) is 3.06. The Hall–Kier alpha value is -2.82. The second-order valence-electron chi connectivity index (χ2n) is 8.39. The third-order valence-electron chi connectivity index (χ3n) is 6.20. The van der Waals surface area contributed by atoms with Crippen LogP contribution in [-0.4, -0.2) is 35.9 Å². The Morgan fingerprint density at radius 1 is 1.10 bits per heavy atom. The van der Waals surface area contributed by atoms with Crippen LogP contribution in [0.25, 0.3) is 0 Å². The molecular weight excluding hydrogens is 388 g/mol. The third-order valence-corrected chi connectivity index (χ3v) is 6.20. The average molecular weight is 423 g/mol. The van der Waals surface area contributed by atoms with Gasteiger partial charge in [-0.1, -0.05) is 56.2 Å². The van der Waals surface area contributed by atoms with E-state index in [0.717, 1.165) is 48.1 Å². The molecule has 1 aliphatic carbocycles. The largest absolute Gasteiger partial charge is 0.497 e. The van der Waals surface area contributed by atoms with Gasteiger partial charge in [-0.2, -0.15) is 0 Å². The molecule has 0 bridgehead atoms. The fourth-order valence-corrected chi connectivity index (χ4v) is 4.29. The zero-order valence-corrected chi connectivity index (χ0v) is 18.9. The Morgan fingerprint density at radius 3 is 2.39 bits per heavy atom. The van der Waals surface area contributed by atoms with E-state index >= 15 is 0 Å². The number of benzene rings is 2. The molecule has 0 unspecified atom stereocenters. The zero-order valence-electron chi connectivity index (χ0n) is 18.9. The summed E-state index contributed by atoms with van der Waals surface area (Å²) in [5, 5.41) is 3.19. The van der Waals surface area contributed by atoms with E-state index in [4.69, 9.17) is 4.74 Å². The van der Waals surface area contributed by atoms with Gasteiger partial charge in [-0.3, -0.25) is 9.59 Å². The van der Waals surface area contributed by atoms with E-state index in [1.54, 1.807) is 12.0 Å². The number of carbonyl (C=O) groups excluding carboxylic acids is 2. The molecule has 2 aromatic carbocycles. The highest BCUT2D eigenvalue weighted by Crippen LogP contribution is 2.21. The van der Waals surface area contributed by atoms with E-state index in [1.807, 2.05) is 62.4 Å². The second-order valence-corrected chi connectivity index (χ2v) is 8.39. The normalized spacial score (nSPS) is 14.8. The van der Waals surface area contributed by atoms with Gasteiger partial charge in [-0.25, -0.2) is 0 Å². The lowest BCUT2D eigenvalue weighted by Gasteiger charge is -2.32. The van der Waals surface area contributed by atoms with Gasteiger partial charge in [0, 0.05) is 12.6 Å². The van der Waals surface area contributed by atoms with Crippen molar-refractivity contribution in [1.29, 1.82) is 0 Å². The van der Waals surface area contributed by atoms with Crippen molar-refractivity contribution in [1.82, 2.24) is 10.2 Å². The molecule has 5 nitrogen and oxygen atoms in total. The van der Waals surface area contributed by atoms with Gasteiger partial charge in [-0.05, 0) is 55.0 Å². The minimum absolute atomic E-state index is 0.0291. The van der Waals surface area contributed by atoms with Crippen molar-refractivity contribution in [3.63, 3.8) is 0 Å². The highest BCUT2D eigenvalue weighted by molar-refractivity contribution is 5.88. The van der Waals surface area contributed by atoms with Crippen molar-refractivity contribution in [3.8, 4) is 5.75 Å². The van der Waals surface area contributed by atoms with E-state index < -0.39 is 6.04 Å². The van der Waals surface area contributed by atoms with Crippen LogP contribution in [0.1, 0.15) is 55.7 Å². The van der Waals surface area contributed by atoms with Gasteiger partial charge in [0.15, 0.2) is 0 Å². The van der Waals surface area contributed by atoms with Gasteiger partial charge in [0.25, 0.3) is 0 Å². The number of methoxy groups -OCH3 is 1. The topological polar surface area (TPSA) is 58.6 Å². The van der Waals surface area contributed by atoms with Crippen molar-refractivity contribution < 1.29 is 14.3 Å². The molecule has 0 aliphatic heterocycles. The fourth-order valence-electron chi connectivity index (χ4n) is 4.29. The van der Waals surface area contributed by atoms with Gasteiger partial charge in [0.2, 0.25) is 11.8 Å². The van der Waals surface area contributed by atoms with Crippen molar-refractivity contribution in [3.05, 3.63) is 65.2 Å². The number of carbonyl (C=O) groups is 2. The van der Waals surface area contributed by atoms with Crippen LogP contribution in [0.4, 0.5) is 0 Å². The van der Waals surface area contributed by atoms with E-state index in [9.17, 15) is 9.59 Å². The molecule has 0 spiro atoms. The first kappa shape index (κ1) is 22.9. The molecule has 1 saturated carbocycles. The maximum Gasteiger partial charge on any atom is 0.243 e. The monoisotopic (exact) mass is 422 g/mol. The lowest BCUT2D eigenvalue weighted by Crippen LogP contribution is -2.51. The molecule has 166 valence electrons. The Morgan fingerprint density at radius 2 is 1.77 bits per heavy atom. The van der Waals surface area contributed by atoms with Gasteiger partial charge < -0.3 is 15.0 Å². The first-order chi connectivity index (χ1) is 15.0. The van der Waals surface area contributed by atoms with Crippen molar-refractivity contribution in [2.24, 2.45) is 0 Å². The number of ether oxygens (including phenoxy) is 1. The van der Waals surface area contributed by atoms with Gasteiger partial charge in [0.1, 0.15) is 11.8 Å². The van der Waals surface area contributed by atoms with Crippen LogP contribution in [0.15, 0.2) is 48.5 Å². The predicted octanol–water partition coefficient (Wildman–Crippen LogP) is 4.41. The van der Waals surface area contributed by atoms with E-state index in [1.165, 1.54) is 0 Å². The number of hydrogen-bond donors (Lipinski definition) is 1. The molecule has 0 aromatic heterocycles. The minimum Gasteiger partial charge on any atom is -0.497 e. The molecule has 0 heterocycles.